The number of aliphatic hydroxyl groups excluding tert-OH is 1. The number of phosphoric acid groups is 2. The molecule has 19 heteroatoms. The number of esters is 4. The zero-order valence-electron chi connectivity index (χ0n) is 68.7. The number of carbonyl (C=O) groups excluding carboxylic acids is 4. The summed E-state index contributed by atoms with van der Waals surface area (Å²) in [6.45, 7) is 14.3. The average Bonchev–Trinajstić information content (AvgIpc) is 0.936. The number of phosphoric ester groups is 2. The first-order valence-electron chi connectivity index (χ1n) is 43.7. The van der Waals surface area contributed by atoms with Crippen molar-refractivity contribution < 1.29 is 80.2 Å². The number of ether oxygens (including phenoxy) is 4. The van der Waals surface area contributed by atoms with E-state index >= 15 is 0 Å². The minimum Gasteiger partial charge on any atom is -0.462 e. The summed E-state index contributed by atoms with van der Waals surface area (Å²) in [6.07, 6.45) is 62.4. The second-order valence-electron chi connectivity index (χ2n) is 32.5. The first-order chi connectivity index (χ1) is 50.1. The molecule has 0 aliphatic heterocycles. The molecule has 618 valence electrons. The SMILES string of the molecule is CC(C)CCCCCCCCCCCCCCCCCC(=O)OC[C@H](COP(=O)(O)OC[C@@H](O)COP(=O)(O)OC[C@@H](COC(=O)CCCCCCCCCCC(C)C)OC(=O)CCCCCCCCCCCCCCCCC(C)C)OC(=O)CCCCCCCCCCCCCCCCCC(C)C. The van der Waals surface area contributed by atoms with Crippen LogP contribution in [0.1, 0.15) is 441 Å². The van der Waals surface area contributed by atoms with E-state index in [1.165, 1.54) is 244 Å². The fourth-order valence-electron chi connectivity index (χ4n) is 13.1. The lowest BCUT2D eigenvalue weighted by Gasteiger charge is -2.21. The zero-order chi connectivity index (χ0) is 76.7. The van der Waals surface area contributed by atoms with Crippen LogP contribution in [-0.4, -0.2) is 96.7 Å². The maximum Gasteiger partial charge on any atom is 0.472 e. The van der Waals surface area contributed by atoms with Crippen molar-refractivity contribution in [1.29, 1.82) is 0 Å². The molecule has 0 aromatic carbocycles. The molecule has 0 saturated heterocycles. The van der Waals surface area contributed by atoms with Gasteiger partial charge >= 0.3 is 39.5 Å². The van der Waals surface area contributed by atoms with Gasteiger partial charge in [0.05, 0.1) is 26.4 Å². The van der Waals surface area contributed by atoms with E-state index < -0.39 is 97.5 Å². The predicted molar refractivity (Wildman–Crippen MR) is 428 cm³/mol. The zero-order valence-corrected chi connectivity index (χ0v) is 70.5. The van der Waals surface area contributed by atoms with Gasteiger partial charge in [-0.1, -0.05) is 389 Å². The maximum atomic E-state index is 13.1. The minimum absolute atomic E-state index is 0.107. The van der Waals surface area contributed by atoms with E-state index in [0.29, 0.717) is 25.7 Å². The summed E-state index contributed by atoms with van der Waals surface area (Å²) < 4.78 is 68.9. The third-order valence-electron chi connectivity index (χ3n) is 19.8. The molecule has 0 fully saturated rings. The van der Waals surface area contributed by atoms with Crippen molar-refractivity contribution in [3.8, 4) is 0 Å². The van der Waals surface area contributed by atoms with Crippen molar-refractivity contribution in [3.63, 3.8) is 0 Å². The molecule has 0 radical (unpaired) electrons. The minimum atomic E-state index is -4.97. The fraction of sp³-hybridized carbons (Fsp3) is 0.953. The molecule has 5 atom stereocenters. The average molecular weight is 1520 g/mol. The van der Waals surface area contributed by atoms with E-state index in [0.717, 1.165) is 114 Å². The molecule has 0 rings (SSSR count). The summed E-state index contributed by atoms with van der Waals surface area (Å²) >= 11 is 0. The monoisotopic (exact) mass is 1520 g/mol. The van der Waals surface area contributed by atoms with Gasteiger partial charge in [0.2, 0.25) is 0 Å². The topological polar surface area (TPSA) is 237 Å². The van der Waals surface area contributed by atoms with Gasteiger partial charge in [-0.15, -0.1) is 0 Å². The summed E-state index contributed by atoms with van der Waals surface area (Å²) in [5, 5.41) is 10.7. The molecule has 0 aromatic rings. The number of unbranched alkanes of at least 4 members (excludes halogenated alkanes) is 48. The van der Waals surface area contributed by atoms with Gasteiger partial charge < -0.3 is 33.8 Å². The number of aliphatic hydroxyl groups is 1. The number of rotatable bonds is 82. The Bertz CT molecular complexity index is 2020. The van der Waals surface area contributed by atoms with Crippen molar-refractivity contribution in [1.82, 2.24) is 0 Å². The fourth-order valence-corrected chi connectivity index (χ4v) is 14.7. The van der Waals surface area contributed by atoms with Crippen LogP contribution in [0.3, 0.4) is 0 Å². The van der Waals surface area contributed by atoms with Crippen LogP contribution in [0.5, 0.6) is 0 Å². The number of hydrogen-bond acceptors (Lipinski definition) is 15. The summed E-state index contributed by atoms with van der Waals surface area (Å²) in [5.74, 6) is 1.02. The lowest BCUT2D eigenvalue weighted by molar-refractivity contribution is -0.161. The molecule has 17 nitrogen and oxygen atoms in total. The molecule has 0 saturated carbocycles. The molecule has 0 aliphatic carbocycles. The molecule has 0 bridgehead atoms. The first-order valence-corrected chi connectivity index (χ1v) is 46.7. The summed E-state index contributed by atoms with van der Waals surface area (Å²) in [6, 6.07) is 0. The van der Waals surface area contributed by atoms with E-state index in [2.05, 4.69) is 55.4 Å². The van der Waals surface area contributed by atoms with E-state index in [1.54, 1.807) is 0 Å². The Morgan fingerprint density at radius 2 is 0.404 bits per heavy atom. The standard InChI is InChI=1S/C85H166O17P2/c1-75(2)61-53-45-37-29-23-17-11-9-13-20-26-32-41-49-57-65-82(87)95-71-80(101-84(89)67-59-51-43-33-27-21-14-10-12-18-24-30-38-46-54-62-76(3)4)73-99-103(91,92)97-69-79(86)70-98-104(93,94)100-74-81(72-96-83(88)66-58-50-42-36-35-40-48-56-64-78(7)8)102-85(90)68-60-52-44-34-28-22-16-15-19-25-31-39-47-55-63-77(5)6/h75-81,86H,9-74H2,1-8H3,(H,91,92)(H,93,94)/t79-,80-,81-/m1/s1. The lowest BCUT2D eigenvalue weighted by Crippen LogP contribution is -2.30. The van der Waals surface area contributed by atoms with Crippen LogP contribution in [0.25, 0.3) is 0 Å². The molecular formula is C85H166O17P2. The second-order valence-corrected chi connectivity index (χ2v) is 35.4. The van der Waals surface area contributed by atoms with Gasteiger partial charge in [-0.2, -0.15) is 0 Å². The largest absolute Gasteiger partial charge is 0.472 e. The number of hydrogen-bond donors (Lipinski definition) is 3. The van der Waals surface area contributed by atoms with Crippen molar-refractivity contribution in [2.75, 3.05) is 39.6 Å². The quantitative estimate of drug-likeness (QED) is 0.0222. The van der Waals surface area contributed by atoms with Crippen LogP contribution in [-0.2, 0) is 65.4 Å². The van der Waals surface area contributed by atoms with Crippen LogP contribution >= 0.6 is 15.6 Å². The third-order valence-corrected chi connectivity index (χ3v) is 21.7. The van der Waals surface area contributed by atoms with Crippen molar-refractivity contribution in [3.05, 3.63) is 0 Å². The molecule has 104 heavy (non-hydrogen) atoms. The Hall–Kier alpha value is -1.94. The van der Waals surface area contributed by atoms with E-state index in [4.69, 9.17) is 37.0 Å². The Balaban J connectivity index is 5.26. The van der Waals surface area contributed by atoms with Gasteiger partial charge in [0.1, 0.15) is 19.3 Å². The molecule has 2 unspecified atom stereocenters. The van der Waals surface area contributed by atoms with E-state index in [1.807, 2.05) is 0 Å². The number of carbonyl (C=O) groups is 4. The Morgan fingerprint density at radius 3 is 0.596 bits per heavy atom. The Kier molecular flexibility index (Phi) is 72.5. The normalized spacial score (nSPS) is 14.0. The first kappa shape index (κ1) is 102. The summed E-state index contributed by atoms with van der Waals surface area (Å²) in [4.78, 5) is 73.2. The van der Waals surface area contributed by atoms with Gasteiger partial charge in [0.15, 0.2) is 12.2 Å². The van der Waals surface area contributed by atoms with Gasteiger partial charge in [-0.05, 0) is 49.4 Å². The predicted octanol–water partition coefficient (Wildman–Crippen LogP) is 25.6. The highest BCUT2D eigenvalue weighted by atomic mass is 31.2. The highest BCUT2D eigenvalue weighted by molar-refractivity contribution is 7.47. The second kappa shape index (κ2) is 73.8. The molecular weight excluding hydrogens is 1350 g/mol. The highest BCUT2D eigenvalue weighted by Crippen LogP contribution is 2.45. The molecule has 3 N–H and O–H groups in total. The molecule has 0 spiro atoms. The van der Waals surface area contributed by atoms with E-state index in [9.17, 15) is 43.2 Å². The smallest absolute Gasteiger partial charge is 0.462 e. The van der Waals surface area contributed by atoms with Crippen LogP contribution in [0.2, 0.25) is 0 Å². The molecule has 0 heterocycles. The van der Waals surface area contributed by atoms with Crippen LogP contribution < -0.4 is 0 Å². The van der Waals surface area contributed by atoms with Crippen LogP contribution in [0.4, 0.5) is 0 Å². The van der Waals surface area contributed by atoms with Crippen molar-refractivity contribution in [2.45, 2.75) is 459 Å². The lowest BCUT2D eigenvalue weighted by atomic mass is 10.0. The van der Waals surface area contributed by atoms with E-state index in [-0.39, 0.29) is 25.7 Å². The van der Waals surface area contributed by atoms with Crippen molar-refractivity contribution >= 4 is 39.5 Å². The summed E-state index contributed by atoms with van der Waals surface area (Å²) in [5.41, 5.74) is 0. The molecule has 0 aliphatic rings. The Morgan fingerprint density at radius 1 is 0.240 bits per heavy atom. The highest BCUT2D eigenvalue weighted by Gasteiger charge is 2.30. The third kappa shape index (κ3) is 78.2. The molecule has 0 amide bonds. The van der Waals surface area contributed by atoms with Crippen molar-refractivity contribution in [2.24, 2.45) is 23.7 Å². The van der Waals surface area contributed by atoms with Crippen LogP contribution in [0.15, 0.2) is 0 Å². The Labute approximate surface area is 638 Å². The summed E-state index contributed by atoms with van der Waals surface area (Å²) in [7, 11) is -9.93. The van der Waals surface area contributed by atoms with Gasteiger partial charge in [0.25, 0.3) is 0 Å². The van der Waals surface area contributed by atoms with Gasteiger partial charge in [0, 0.05) is 25.7 Å². The van der Waals surface area contributed by atoms with Gasteiger partial charge in [-0.3, -0.25) is 37.3 Å². The molecule has 0 aromatic heterocycles. The van der Waals surface area contributed by atoms with Gasteiger partial charge in [-0.25, -0.2) is 9.13 Å². The maximum absolute atomic E-state index is 13.1. The van der Waals surface area contributed by atoms with Crippen LogP contribution in [0, 0.1) is 23.7 Å².